The molecule has 0 saturated heterocycles. The first-order valence-electron chi connectivity index (χ1n) is 22.1. The van der Waals surface area contributed by atoms with Gasteiger partial charge in [0.05, 0.1) is 54.2 Å². The summed E-state index contributed by atoms with van der Waals surface area (Å²) < 4.78 is 48.7. The fourth-order valence-corrected chi connectivity index (χ4v) is 9.39. The van der Waals surface area contributed by atoms with Gasteiger partial charge in [0.2, 0.25) is 5.91 Å². The number of carbonyl (C=O) groups excluding carboxylic acids is 4. The number of aromatic nitrogens is 5. The number of H-pyrrole nitrogens is 2. The number of alkyl halides is 2. The van der Waals surface area contributed by atoms with E-state index in [0.29, 0.717) is 29.5 Å². The van der Waals surface area contributed by atoms with Gasteiger partial charge in [-0.15, -0.1) is 0 Å². The molecular weight excluding hydrogens is 837 g/mol. The van der Waals surface area contributed by atoms with Crippen LogP contribution in [0, 0.1) is 17.8 Å². The minimum absolute atomic E-state index is 0.0342. The van der Waals surface area contributed by atoms with Gasteiger partial charge in [-0.2, -0.15) is 0 Å². The first-order valence-corrected chi connectivity index (χ1v) is 22.1. The summed E-state index contributed by atoms with van der Waals surface area (Å²) in [7, 11) is 2.63. The lowest BCUT2D eigenvalue weighted by atomic mass is 9.79. The predicted molar refractivity (Wildman–Crippen MR) is 241 cm³/mol. The summed E-state index contributed by atoms with van der Waals surface area (Å²) in [6.07, 6.45) is 6.93. The Balaban J connectivity index is 1.03. The number of carbonyl (C=O) groups is 4. The molecule has 0 saturated carbocycles. The number of imidazole rings is 2. The quantitative estimate of drug-likeness (QED) is 0.0846. The lowest BCUT2D eigenvalue weighted by Crippen LogP contribution is -2.48. The Morgan fingerprint density at radius 2 is 1.66 bits per heavy atom. The molecule has 16 heteroatoms. The number of methoxy groups -OCH3 is 2. The number of alkyl carbamates (subject to hydrolysis) is 1. The Morgan fingerprint density at radius 1 is 0.938 bits per heavy atom. The third-order valence-corrected chi connectivity index (χ3v) is 12.6. The number of allylic oxidation sites excluding steroid dienone is 3. The summed E-state index contributed by atoms with van der Waals surface area (Å²) in [5.74, 6) is -4.26. The van der Waals surface area contributed by atoms with Crippen LogP contribution >= 0.6 is 0 Å². The van der Waals surface area contributed by atoms with Gasteiger partial charge in [-0.05, 0) is 68.4 Å². The second kappa shape index (κ2) is 18.2. The second-order valence-electron chi connectivity index (χ2n) is 18.0. The molecule has 65 heavy (non-hydrogen) atoms. The van der Waals surface area contributed by atoms with E-state index in [1.165, 1.54) is 20.3 Å². The van der Waals surface area contributed by atoms with Gasteiger partial charge in [-0.1, -0.05) is 52.0 Å². The van der Waals surface area contributed by atoms with Gasteiger partial charge in [0.1, 0.15) is 24.0 Å². The molecule has 2 aliphatic carbocycles. The van der Waals surface area contributed by atoms with Crippen molar-refractivity contribution in [3.63, 3.8) is 0 Å². The molecule has 5 atom stereocenters. The Morgan fingerprint density at radius 3 is 2.40 bits per heavy atom. The number of hydrogen-bond donors (Lipinski definition) is 4. The molecule has 5 aromatic rings. The normalized spacial score (nSPS) is 20.0. The second-order valence-corrected chi connectivity index (χ2v) is 18.0. The number of amides is 2. The number of fused-ring (bicyclic) bond motifs is 5. The van der Waals surface area contributed by atoms with Gasteiger partial charge in [0, 0.05) is 65.0 Å². The van der Waals surface area contributed by atoms with Crippen molar-refractivity contribution >= 4 is 40.0 Å². The topological polar surface area (TPSA) is 182 Å². The molecule has 2 aromatic carbocycles. The van der Waals surface area contributed by atoms with Crippen molar-refractivity contribution in [1.29, 1.82) is 0 Å². The summed E-state index contributed by atoms with van der Waals surface area (Å²) in [6, 6.07) is 12.4. The standard InChI is InChI=1S/C49H55F2N7O7/c1-25(2)42(57-48(62)64-7)44(60)31-17-32(21-49(50,51)20-31)46-52-22-37(54-46)29-12-14-35-39-18-30-16-28(13-15-38(30)58(39)27(5)65-40(35)19-29)36-23-53-47(55-36)34-11-9-8-10-33(34)45(61)43(26(3)4)56-41(59)24-63-6/h11-19,22-23,25-27,32-33,42-43H,8-10,20-21,24H2,1-7H3,(H,52,54)(H,53,55)(H,56,59)(H,57,62)/t27?,32-,33?,42?,43-/m0/s1. The van der Waals surface area contributed by atoms with Crippen molar-refractivity contribution in [2.75, 3.05) is 20.8 Å². The molecule has 2 amide bonds. The highest BCUT2D eigenvalue weighted by atomic mass is 19.3. The molecule has 3 aliphatic rings. The number of benzene rings is 2. The molecule has 0 radical (unpaired) electrons. The van der Waals surface area contributed by atoms with E-state index < -0.39 is 54.6 Å². The van der Waals surface area contributed by atoms with Crippen LogP contribution in [0.2, 0.25) is 0 Å². The summed E-state index contributed by atoms with van der Waals surface area (Å²) in [5.41, 5.74) is 6.67. The van der Waals surface area contributed by atoms with Crippen LogP contribution in [0.1, 0.15) is 90.5 Å². The van der Waals surface area contributed by atoms with E-state index in [4.69, 9.17) is 14.5 Å². The fraction of sp³-hybridized carbons (Fsp3) is 0.429. The average Bonchev–Trinajstić information content (AvgIpc) is 4.06. The molecular formula is C49H55F2N7O7. The maximum atomic E-state index is 15.2. The van der Waals surface area contributed by atoms with Gasteiger partial charge in [-0.25, -0.2) is 23.5 Å². The number of aromatic amines is 2. The van der Waals surface area contributed by atoms with E-state index >= 15 is 8.78 Å². The third-order valence-electron chi connectivity index (χ3n) is 12.6. The SMILES string of the molecule is COCC(=O)N[C@H](C(=O)C1CCCC=C1c1ncc(-c2ccc3c(c2)cc2n3C(C)Oc3cc(-c4cnc([C@H]5C=C(C(=O)C(NC(=O)OC)C(C)C)CC(F)(F)C5)[nH]4)ccc3-2)[nH]1)C(C)C. The molecule has 0 fully saturated rings. The number of ketones is 2. The van der Waals surface area contributed by atoms with E-state index in [0.717, 1.165) is 57.4 Å². The van der Waals surface area contributed by atoms with Crippen molar-refractivity contribution in [3.05, 3.63) is 84.2 Å². The lowest BCUT2D eigenvalue weighted by Gasteiger charge is -2.29. The monoisotopic (exact) mass is 891 g/mol. The van der Waals surface area contributed by atoms with E-state index in [1.807, 2.05) is 45.0 Å². The maximum Gasteiger partial charge on any atom is 0.407 e. The van der Waals surface area contributed by atoms with Crippen LogP contribution in [-0.2, 0) is 23.9 Å². The third kappa shape index (κ3) is 9.13. The smallest absolute Gasteiger partial charge is 0.407 e. The molecule has 1 aliphatic heterocycles. The number of nitrogens with zero attached hydrogens (tertiary/aromatic N) is 3. The Labute approximate surface area is 375 Å². The summed E-state index contributed by atoms with van der Waals surface area (Å²) in [4.78, 5) is 67.8. The van der Waals surface area contributed by atoms with Crippen LogP contribution in [0.25, 0.3) is 50.2 Å². The van der Waals surface area contributed by atoms with Gasteiger partial charge in [-0.3, -0.25) is 14.4 Å². The first kappa shape index (κ1) is 45.2. The van der Waals surface area contributed by atoms with E-state index in [2.05, 4.69) is 59.2 Å². The fourth-order valence-electron chi connectivity index (χ4n) is 9.39. The highest BCUT2D eigenvalue weighted by molar-refractivity contribution is 6.02. The number of Topliss-reactive ketones (excluding diaryl/α,β-unsaturated/α-hetero) is 2. The predicted octanol–water partition coefficient (Wildman–Crippen LogP) is 8.93. The summed E-state index contributed by atoms with van der Waals surface area (Å²) in [5, 5.41) is 6.36. The molecule has 3 unspecified atom stereocenters. The van der Waals surface area contributed by atoms with Gasteiger partial charge < -0.3 is 39.4 Å². The molecule has 3 aromatic heterocycles. The van der Waals surface area contributed by atoms with Crippen molar-refractivity contribution in [3.8, 4) is 39.5 Å². The van der Waals surface area contributed by atoms with Gasteiger partial charge in [0.25, 0.3) is 5.92 Å². The zero-order valence-corrected chi connectivity index (χ0v) is 37.6. The minimum Gasteiger partial charge on any atom is -0.470 e. The van der Waals surface area contributed by atoms with Crippen LogP contribution < -0.4 is 15.4 Å². The van der Waals surface area contributed by atoms with E-state index in [9.17, 15) is 19.2 Å². The molecule has 342 valence electrons. The Bertz CT molecular complexity index is 2710. The van der Waals surface area contributed by atoms with E-state index in [1.54, 1.807) is 26.2 Å². The van der Waals surface area contributed by atoms with Crippen LogP contribution in [0.15, 0.2) is 72.6 Å². The van der Waals surface area contributed by atoms with E-state index in [-0.39, 0.29) is 41.9 Å². The highest BCUT2D eigenvalue weighted by Gasteiger charge is 2.42. The lowest BCUT2D eigenvalue weighted by molar-refractivity contribution is -0.132. The molecule has 8 rings (SSSR count). The van der Waals surface area contributed by atoms with Crippen molar-refractivity contribution in [2.24, 2.45) is 17.8 Å². The van der Waals surface area contributed by atoms with Gasteiger partial charge in [0.15, 0.2) is 17.8 Å². The molecule has 0 spiro atoms. The summed E-state index contributed by atoms with van der Waals surface area (Å²) in [6.45, 7) is 9.16. The van der Waals surface area contributed by atoms with Crippen LogP contribution in [0.5, 0.6) is 5.75 Å². The largest absolute Gasteiger partial charge is 0.470 e. The average molecular weight is 892 g/mol. The number of ether oxygens (including phenoxy) is 3. The summed E-state index contributed by atoms with van der Waals surface area (Å²) >= 11 is 0. The Kier molecular flexibility index (Phi) is 12.7. The van der Waals surface area contributed by atoms with Crippen LogP contribution in [0.3, 0.4) is 0 Å². The van der Waals surface area contributed by atoms with Crippen molar-refractivity contribution < 1.29 is 42.2 Å². The van der Waals surface area contributed by atoms with Crippen molar-refractivity contribution in [1.82, 2.24) is 35.1 Å². The van der Waals surface area contributed by atoms with Crippen LogP contribution in [0.4, 0.5) is 13.6 Å². The molecule has 4 N–H and O–H groups in total. The maximum absolute atomic E-state index is 15.2. The number of halogens is 2. The minimum atomic E-state index is -3.16. The number of nitrogens with one attached hydrogen (secondary N) is 4. The molecule has 4 heterocycles. The Hall–Kier alpha value is -6.42. The number of rotatable bonds is 14. The number of hydrogen-bond acceptors (Lipinski definition) is 9. The molecule has 14 nitrogen and oxygen atoms in total. The molecule has 0 bridgehead atoms. The first-order chi connectivity index (χ1) is 31.0. The zero-order valence-electron chi connectivity index (χ0n) is 37.6. The van der Waals surface area contributed by atoms with Gasteiger partial charge >= 0.3 is 6.09 Å². The zero-order chi connectivity index (χ0) is 46.3. The highest BCUT2D eigenvalue weighted by Crippen LogP contribution is 2.45. The van der Waals surface area contributed by atoms with Crippen LogP contribution in [-0.4, -0.2) is 86.9 Å². The van der Waals surface area contributed by atoms with Crippen molar-refractivity contribution in [2.45, 2.75) is 96.9 Å².